The number of aryl methyl sites for hydroxylation is 2. The predicted octanol–water partition coefficient (Wildman–Crippen LogP) is 6.54. The maximum atomic E-state index is 14.4. The second-order valence-electron chi connectivity index (χ2n) is 11.8. The van der Waals surface area contributed by atoms with E-state index >= 15 is 0 Å². The van der Waals surface area contributed by atoms with Crippen LogP contribution in [0.1, 0.15) is 50.8 Å². The third-order valence-electron chi connectivity index (χ3n) is 6.96. The number of ether oxygens (including phenoxy) is 2. The fraction of sp³-hybridized carbons (Fsp3) is 0.394. The average molecular weight is 679 g/mol. The third-order valence-corrected chi connectivity index (χ3v) is 9.31. The molecular weight excluding hydrogens is 637 g/mol. The quantitative estimate of drug-likeness (QED) is 0.233. The molecule has 0 bridgehead atoms. The molecule has 244 valence electrons. The Morgan fingerprint density at radius 2 is 1.53 bits per heavy atom. The van der Waals surface area contributed by atoms with E-state index in [9.17, 15) is 18.0 Å². The maximum absolute atomic E-state index is 14.4. The van der Waals surface area contributed by atoms with E-state index in [4.69, 9.17) is 32.7 Å². The standard InChI is InChI=1S/C33H41Cl2N3O6S/c1-9-28(32(40)36-33(4,5)6)37(19-23-10-11-24(34)17-27(23)35)31(39)20-38(25-15-21(2)14-22(3)16-25)45(41,42)26-12-13-29(43-7)30(18-26)44-8/h10-18,28H,9,19-20H2,1-8H3,(H,36,40)/t28-/m1/s1. The van der Waals surface area contributed by atoms with Crippen LogP contribution in [0.3, 0.4) is 0 Å². The number of nitrogens with one attached hydrogen (secondary N) is 1. The maximum Gasteiger partial charge on any atom is 0.264 e. The Hall–Kier alpha value is -3.47. The fourth-order valence-electron chi connectivity index (χ4n) is 4.93. The fourth-order valence-corrected chi connectivity index (χ4v) is 6.82. The average Bonchev–Trinajstić information content (AvgIpc) is 2.94. The molecule has 0 aromatic heterocycles. The van der Waals surface area contributed by atoms with Gasteiger partial charge in [0.15, 0.2) is 11.5 Å². The van der Waals surface area contributed by atoms with Gasteiger partial charge < -0.3 is 19.7 Å². The number of anilines is 1. The number of rotatable bonds is 12. The van der Waals surface area contributed by atoms with Gasteiger partial charge in [-0.2, -0.15) is 0 Å². The Kier molecular flexibility index (Phi) is 11.8. The zero-order valence-corrected chi connectivity index (χ0v) is 29.2. The van der Waals surface area contributed by atoms with Crippen LogP contribution < -0.4 is 19.1 Å². The number of benzene rings is 3. The molecule has 45 heavy (non-hydrogen) atoms. The molecule has 0 aliphatic rings. The van der Waals surface area contributed by atoms with E-state index in [1.165, 1.54) is 37.3 Å². The lowest BCUT2D eigenvalue weighted by atomic mass is 10.1. The zero-order chi connectivity index (χ0) is 33.7. The highest BCUT2D eigenvalue weighted by Gasteiger charge is 2.35. The van der Waals surface area contributed by atoms with Gasteiger partial charge in [-0.15, -0.1) is 0 Å². The minimum Gasteiger partial charge on any atom is -0.493 e. The summed E-state index contributed by atoms with van der Waals surface area (Å²) >= 11 is 12.6. The van der Waals surface area contributed by atoms with Gasteiger partial charge in [0, 0.05) is 28.2 Å². The van der Waals surface area contributed by atoms with Crippen molar-refractivity contribution in [3.63, 3.8) is 0 Å². The smallest absolute Gasteiger partial charge is 0.264 e. The first-order valence-electron chi connectivity index (χ1n) is 14.4. The number of nitrogens with zero attached hydrogens (tertiary/aromatic N) is 2. The lowest BCUT2D eigenvalue weighted by Gasteiger charge is -2.35. The van der Waals surface area contributed by atoms with Crippen LogP contribution in [-0.2, 0) is 26.2 Å². The molecule has 0 saturated heterocycles. The largest absolute Gasteiger partial charge is 0.493 e. The second-order valence-corrected chi connectivity index (χ2v) is 14.5. The van der Waals surface area contributed by atoms with Crippen molar-refractivity contribution < 1.29 is 27.5 Å². The van der Waals surface area contributed by atoms with Gasteiger partial charge in [-0.25, -0.2) is 8.42 Å². The normalized spacial score (nSPS) is 12.3. The lowest BCUT2D eigenvalue weighted by molar-refractivity contribution is -0.141. The van der Waals surface area contributed by atoms with Crippen LogP contribution in [0, 0.1) is 13.8 Å². The molecule has 0 heterocycles. The molecule has 0 aliphatic heterocycles. The van der Waals surface area contributed by atoms with Gasteiger partial charge in [-0.05, 0) is 94.1 Å². The molecule has 0 aliphatic carbocycles. The molecule has 0 radical (unpaired) electrons. The first-order valence-corrected chi connectivity index (χ1v) is 16.6. The first-order chi connectivity index (χ1) is 21.0. The van der Waals surface area contributed by atoms with Gasteiger partial charge >= 0.3 is 0 Å². The Morgan fingerprint density at radius 1 is 0.911 bits per heavy atom. The number of sulfonamides is 1. The van der Waals surface area contributed by atoms with Crippen LogP contribution in [0.15, 0.2) is 59.5 Å². The summed E-state index contributed by atoms with van der Waals surface area (Å²) in [5, 5.41) is 3.68. The second kappa shape index (κ2) is 14.7. The van der Waals surface area contributed by atoms with Gasteiger partial charge in [0.1, 0.15) is 12.6 Å². The van der Waals surface area contributed by atoms with Crippen LogP contribution in [0.2, 0.25) is 10.0 Å². The van der Waals surface area contributed by atoms with E-state index in [0.29, 0.717) is 27.0 Å². The Bertz CT molecular complexity index is 1640. The number of halogens is 2. The zero-order valence-electron chi connectivity index (χ0n) is 26.9. The van der Waals surface area contributed by atoms with Gasteiger partial charge in [0.05, 0.1) is 24.8 Å². The molecule has 1 N–H and O–H groups in total. The van der Waals surface area contributed by atoms with Crippen molar-refractivity contribution in [3.8, 4) is 11.5 Å². The highest BCUT2D eigenvalue weighted by Crippen LogP contribution is 2.33. The Balaban J connectivity index is 2.17. The molecule has 3 aromatic rings. The summed E-state index contributed by atoms with van der Waals surface area (Å²) in [5.41, 5.74) is 1.90. The molecule has 9 nitrogen and oxygen atoms in total. The minimum absolute atomic E-state index is 0.0536. The van der Waals surface area contributed by atoms with E-state index in [1.807, 2.05) is 40.7 Å². The molecule has 0 fully saturated rings. The van der Waals surface area contributed by atoms with Crippen molar-refractivity contribution in [2.45, 2.75) is 71.0 Å². The van der Waals surface area contributed by atoms with Crippen molar-refractivity contribution in [3.05, 3.63) is 81.3 Å². The van der Waals surface area contributed by atoms with Crippen LogP contribution >= 0.6 is 23.2 Å². The highest BCUT2D eigenvalue weighted by molar-refractivity contribution is 7.92. The topological polar surface area (TPSA) is 105 Å². The number of carbonyl (C=O) groups excluding carboxylic acids is 2. The Labute approximate surface area is 276 Å². The number of hydrogen-bond acceptors (Lipinski definition) is 6. The van der Waals surface area contributed by atoms with E-state index in [0.717, 1.165) is 15.4 Å². The molecule has 2 amide bonds. The van der Waals surface area contributed by atoms with Crippen molar-refractivity contribution in [1.82, 2.24) is 10.2 Å². The summed E-state index contributed by atoms with van der Waals surface area (Å²) in [4.78, 5) is 29.2. The summed E-state index contributed by atoms with van der Waals surface area (Å²) in [7, 11) is -1.47. The molecular formula is C33H41Cl2N3O6S. The number of amides is 2. The van der Waals surface area contributed by atoms with Crippen LogP contribution in [0.4, 0.5) is 5.69 Å². The van der Waals surface area contributed by atoms with Crippen molar-refractivity contribution in [2.24, 2.45) is 0 Å². The van der Waals surface area contributed by atoms with E-state index in [2.05, 4.69) is 5.32 Å². The highest BCUT2D eigenvalue weighted by atomic mass is 35.5. The monoisotopic (exact) mass is 677 g/mol. The summed E-state index contributed by atoms with van der Waals surface area (Å²) in [6.07, 6.45) is 0.269. The number of methoxy groups -OCH3 is 2. The minimum atomic E-state index is -4.34. The molecule has 0 spiro atoms. The van der Waals surface area contributed by atoms with Crippen LogP contribution in [0.25, 0.3) is 0 Å². The van der Waals surface area contributed by atoms with Gasteiger partial charge in [-0.1, -0.05) is 42.3 Å². The summed E-state index contributed by atoms with van der Waals surface area (Å²) in [6, 6.07) is 13.5. The van der Waals surface area contributed by atoms with Crippen LogP contribution in [0.5, 0.6) is 11.5 Å². The number of hydrogen-bond donors (Lipinski definition) is 1. The van der Waals surface area contributed by atoms with Crippen molar-refractivity contribution in [2.75, 3.05) is 25.1 Å². The molecule has 1 atom stereocenters. The first kappa shape index (κ1) is 36.0. The van der Waals surface area contributed by atoms with Crippen molar-refractivity contribution >= 4 is 50.7 Å². The van der Waals surface area contributed by atoms with E-state index < -0.39 is 34.1 Å². The number of carbonyl (C=O) groups is 2. The van der Waals surface area contributed by atoms with E-state index in [-0.39, 0.29) is 29.5 Å². The van der Waals surface area contributed by atoms with Gasteiger partial charge in [0.25, 0.3) is 10.0 Å². The van der Waals surface area contributed by atoms with Gasteiger partial charge in [0.2, 0.25) is 11.8 Å². The lowest BCUT2D eigenvalue weighted by Crippen LogP contribution is -2.55. The van der Waals surface area contributed by atoms with Gasteiger partial charge in [-0.3, -0.25) is 13.9 Å². The van der Waals surface area contributed by atoms with E-state index in [1.54, 1.807) is 37.3 Å². The Morgan fingerprint density at radius 3 is 2.07 bits per heavy atom. The molecule has 3 aromatic carbocycles. The summed E-state index contributed by atoms with van der Waals surface area (Å²) in [5.74, 6) is -0.398. The summed E-state index contributed by atoms with van der Waals surface area (Å²) in [6.45, 7) is 10.4. The molecule has 0 unspecified atom stereocenters. The third kappa shape index (κ3) is 9.05. The predicted molar refractivity (Wildman–Crippen MR) is 179 cm³/mol. The molecule has 12 heteroatoms. The SMILES string of the molecule is CC[C@H](C(=O)NC(C)(C)C)N(Cc1ccc(Cl)cc1Cl)C(=O)CN(c1cc(C)cc(C)c1)S(=O)(=O)c1ccc(OC)c(OC)c1. The summed E-state index contributed by atoms with van der Waals surface area (Å²) < 4.78 is 40.4. The van der Waals surface area contributed by atoms with Crippen molar-refractivity contribution in [1.29, 1.82) is 0 Å². The van der Waals surface area contributed by atoms with Crippen LogP contribution in [-0.4, -0.2) is 57.5 Å². The molecule has 3 rings (SSSR count). The molecule has 0 saturated carbocycles.